The maximum atomic E-state index is 10.7. The molecule has 0 aromatic rings. The van der Waals surface area contributed by atoms with Crippen molar-refractivity contribution in [1.29, 1.82) is 0 Å². The zero-order chi connectivity index (χ0) is 8.27. The monoisotopic (exact) mass is 154 g/mol. The molecular formula is C8H14N2O. The summed E-state index contributed by atoms with van der Waals surface area (Å²) >= 11 is 0. The predicted octanol–water partition coefficient (Wildman–Crippen LogP) is 0.170. The Morgan fingerprint density at radius 1 is 1.91 bits per heavy atom. The smallest absolute Gasteiger partial charge is 0.245 e. The van der Waals surface area contributed by atoms with Gasteiger partial charge in [-0.05, 0) is 12.8 Å². The first kappa shape index (κ1) is 8.27. The summed E-state index contributed by atoms with van der Waals surface area (Å²) in [5, 5.41) is 3.23. The Bertz CT molecular complexity index is 187. The molecule has 1 rings (SSSR count). The molecule has 1 aliphatic heterocycles. The largest absolute Gasteiger partial charge is 0.366 e. The number of nitrogens with two attached hydrogens (primary N) is 1. The molecule has 1 amide bonds. The van der Waals surface area contributed by atoms with Gasteiger partial charge in [-0.3, -0.25) is 4.79 Å². The second-order valence-corrected chi connectivity index (χ2v) is 2.82. The molecule has 3 nitrogen and oxygen atoms in total. The first-order chi connectivity index (χ1) is 5.24. The van der Waals surface area contributed by atoms with Gasteiger partial charge < -0.3 is 11.1 Å². The summed E-state index contributed by atoms with van der Waals surface area (Å²) in [7, 11) is 0. The van der Waals surface area contributed by atoms with Crippen LogP contribution >= 0.6 is 0 Å². The maximum Gasteiger partial charge on any atom is 0.245 e. The molecule has 0 saturated heterocycles. The number of nitrogens with one attached hydrogen (secondary N) is 1. The molecule has 0 bridgehead atoms. The van der Waals surface area contributed by atoms with Crippen molar-refractivity contribution in [2.45, 2.75) is 25.8 Å². The third-order valence-corrected chi connectivity index (χ3v) is 2.04. The van der Waals surface area contributed by atoms with Crippen molar-refractivity contribution in [2.75, 3.05) is 6.54 Å². The van der Waals surface area contributed by atoms with Crippen molar-refractivity contribution in [3.8, 4) is 0 Å². The van der Waals surface area contributed by atoms with Crippen LogP contribution in [-0.2, 0) is 4.79 Å². The lowest BCUT2D eigenvalue weighted by Crippen LogP contribution is -2.36. The van der Waals surface area contributed by atoms with E-state index in [9.17, 15) is 4.79 Å². The van der Waals surface area contributed by atoms with E-state index >= 15 is 0 Å². The third kappa shape index (κ3) is 2.05. The van der Waals surface area contributed by atoms with Gasteiger partial charge >= 0.3 is 0 Å². The van der Waals surface area contributed by atoms with Gasteiger partial charge in [0.25, 0.3) is 0 Å². The fourth-order valence-electron chi connectivity index (χ4n) is 1.19. The molecule has 0 aromatic carbocycles. The fraction of sp³-hybridized carbons (Fsp3) is 0.625. The van der Waals surface area contributed by atoms with E-state index in [0.29, 0.717) is 12.6 Å². The molecule has 62 valence electrons. The molecule has 0 fully saturated rings. The van der Waals surface area contributed by atoms with Crippen LogP contribution in [0.2, 0.25) is 0 Å². The van der Waals surface area contributed by atoms with E-state index in [2.05, 4.69) is 12.2 Å². The van der Waals surface area contributed by atoms with Crippen molar-refractivity contribution in [3.05, 3.63) is 11.6 Å². The summed E-state index contributed by atoms with van der Waals surface area (Å²) in [6.45, 7) is 2.76. The highest BCUT2D eigenvalue weighted by atomic mass is 16.1. The van der Waals surface area contributed by atoms with E-state index in [1.807, 2.05) is 6.08 Å². The summed E-state index contributed by atoms with van der Waals surface area (Å²) in [6, 6.07) is 0.526. The van der Waals surface area contributed by atoms with Gasteiger partial charge in [-0.1, -0.05) is 13.0 Å². The Hall–Kier alpha value is -0.830. The van der Waals surface area contributed by atoms with Gasteiger partial charge in [0.2, 0.25) is 5.91 Å². The van der Waals surface area contributed by atoms with Gasteiger partial charge in [-0.15, -0.1) is 0 Å². The van der Waals surface area contributed by atoms with Crippen LogP contribution in [0.3, 0.4) is 0 Å². The lowest BCUT2D eigenvalue weighted by molar-refractivity contribution is -0.114. The maximum absolute atomic E-state index is 10.7. The average Bonchev–Trinajstić information content (AvgIpc) is 2.05. The van der Waals surface area contributed by atoms with Crippen LogP contribution in [0.5, 0.6) is 0 Å². The van der Waals surface area contributed by atoms with E-state index in [1.165, 1.54) is 0 Å². The lowest BCUT2D eigenvalue weighted by atomic mass is 10.0. The van der Waals surface area contributed by atoms with Gasteiger partial charge in [-0.25, -0.2) is 0 Å². The van der Waals surface area contributed by atoms with E-state index in [-0.39, 0.29) is 5.91 Å². The van der Waals surface area contributed by atoms with Gasteiger partial charge in [-0.2, -0.15) is 0 Å². The topological polar surface area (TPSA) is 55.1 Å². The molecule has 3 heteroatoms. The van der Waals surface area contributed by atoms with Crippen LogP contribution in [0.15, 0.2) is 11.6 Å². The molecule has 11 heavy (non-hydrogen) atoms. The van der Waals surface area contributed by atoms with E-state index in [1.54, 1.807) is 0 Å². The van der Waals surface area contributed by atoms with Crippen LogP contribution in [0, 0.1) is 0 Å². The normalized spacial score (nSPS) is 24.5. The molecule has 0 aliphatic carbocycles. The molecular weight excluding hydrogens is 140 g/mol. The minimum Gasteiger partial charge on any atom is -0.366 e. The standard InChI is InChI=1S/C8H14N2O/c1-2-7-4-3-6(5-10-7)8(9)11/h3,7,10H,2,4-5H2,1H3,(H2,9,11). The van der Waals surface area contributed by atoms with Crippen LogP contribution in [0.25, 0.3) is 0 Å². The minimum absolute atomic E-state index is 0.299. The Balaban J connectivity index is 2.50. The zero-order valence-electron chi connectivity index (χ0n) is 6.76. The highest BCUT2D eigenvalue weighted by Gasteiger charge is 2.13. The SMILES string of the molecule is CCC1CC=C(C(N)=O)CN1. The first-order valence-corrected chi connectivity index (χ1v) is 3.96. The van der Waals surface area contributed by atoms with Gasteiger partial charge in [0, 0.05) is 18.2 Å². The second-order valence-electron chi connectivity index (χ2n) is 2.82. The van der Waals surface area contributed by atoms with Crippen LogP contribution in [-0.4, -0.2) is 18.5 Å². The van der Waals surface area contributed by atoms with Crippen molar-refractivity contribution in [1.82, 2.24) is 5.32 Å². The summed E-state index contributed by atoms with van der Waals surface area (Å²) in [5.41, 5.74) is 5.82. The summed E-state index contributed by atoms with van der Waals surface area (Å²) < 4.78 is 0. The minimum atomic E-state index is -0.299. The fourth-order valence-corrected chi connectivity index (χ4v) is 1.19. The molecule has 0 aromatic heterocycles. The summed E-state index contributed by atoms with van der Waals surface area (Å²) in [5.74, 6) is -0.299. The number of hydrogen-bond acceptors (Lipinski definition) is 2. The Morgan fingerprint density at radius 3 is 3.00 bits per heavy atom. The summed E-state index contributed by atoms with van der Waals surface area (Å²) in [6.07, 6.45) is 3.96. The highest BCUT2D eigenvalue weighted by Crippen LogP contribution is 2.08. The molecule has 1 unspecified atom stereocenters. The number of amides is 1. The van der Waals surface area contributed by atoms with E-state index < -0.39 is 0 Å². The second kappa shape index (κ2) is 3.53. The Kier molecular flexibility index (Phi) is 2.65. The summed E-state index contributed by atoms with van der Waals surface area (Å²) in [4.78, 5) is 10.7. The van der Waals surface area contributed by atoms with E-state index in [0.717, 1.165) is 18.4 Å². The predicted molar refractivity (Wildman–Crippen MR) is 44.0 cm³/mol. The number of carbonyl (C=O) groups is 1. The number of carbonyl (C=O) groups excluding carboxylic acids is 1. The van der Waals surface area contributed by atoms with Gasteiger partial charge in [0.05, 0.1) is 0 Å². The Morgan fingerprint density at radius 2 is 2.64 bits per heavy atom. The number of rotatable bonds is 2. The third-order valence-electron chi connectivity index (χ3n) is 2.04. The molecule has 0 radical (unpaired) electrons. The number of primary amides is 1. The van der Waals surface area contributed by atoms with Gasteiger partial charge in [0.15, 0.2) is 0 Å². The molecule has 1 aliphatic rings. The van der Waals surface area contributed by atoms with Crippen LogP contribution in [0.4, 0.5) is 0 Å². The lowest BCUT2D eigenvalue weighted by Gasteiger charge is -2.20. The highest BCUT2D eigenvalue weighted by molar-refractivity contribution is 5.92. The molecule has 1 atom stereocenters. The van der Waals surface area contributed by atoms with Crippen LogP contribution < -0.4 is 11.1 Å². The Labute approximate surface area is 66.6 Å². The molecule has 1 heterocycles. The number of hydrogen-bond donors (Lipinski definition) is 2. The van der Waals surface area contributed by atoms with Crippen molar-refractivity contribution in [3.63, 3.8) is 0 Å². The van der Waals surface area contributed by atoms with Gasteiger partial charge in [0.1, 0.15) is 0 Å². The average molecular weight is 154 g/mol. The quantitative estimate of drug-likeness (QED) is 0.595. The molecule has 3 N–H and O–H groups in total. The molecule has 0 saturated carbocycles. The first-order valence-electron chi connectivity index (χ1n) is 3.96. The zero-order valence-corrected chi connectivity index (χ0v) is 6.76. The van der Waals surface area contributed by atoms with Crippen molar-refractivity contribution >= 4 is 5.91 Å². The van der Waals surface area contributed by atoms with Crippen LogP contribution in [0.1, 0.15) is 19.8 Å². The van der Waals surface area contributed by atoms with Crippen molar-refractivity contribution < 1.29 is 4.79 Å². The molecule has 0 spiro atoms. The van der Waals surface area contributed by atoms with Crippen molar-refractivity contribution in [2.24, 2.45) is 5.73 Å². The van der Waals surface area contributed by atoms with E-state index in [4.69, 9.17) is 5.73 Å².